The SMILES string of the molecule is COCC(=O)[C@H](O)[C@H](O)CO. The van der Waals surface area contributed by atoms with Gasteiger partial charge in [0.25, 0.3) is 0 Å². The molecule has 0 aromatic carbocycles. The van der Waals surface area contributed by atoms with Crippen LogP contribution in [-0.4, -0.2) is 53.6 Å². The minimum absolute atomic E-state index is 0.266. The van der Waals surface area contributed by atoms with Gasteiger partial charge in [-0.1, -0.05) is 0 Å². The minimum Gasteiger partial charge on any atom is -0.394 e. The summed E-state index contributed by atoms with van der Waals surface area (Å²) in [5.41, 5.74) is 0. The third kappa shape index (κ3) is 3.43. The van der Waals surface area contributed by atoms with Crippen molar-refractivity contribution in [3.8, 4) is 0 Å². The van der Waals surface area contributed by atoms with Crippen molar-refractivity contribution in [1.29, 1.82) is 0 Å². The van der Waals surface area contributed by atoms with Crippen molar-refractivity contribution < 1.29 is 24.9 Å². The number of rotatable bonds is 5. The lowest BCUT2D eigenvalue weighted by molar-refractivity contribution is -0.138. The Balaban J connectivity index is 3.80. The van der Waals surface area contributed by atoms with Crippen LogP contribution in [0.1, 0.15) is 0 Å². The number of aliphatic hydroxyl groups excluding tert-OH is 3. The van der Waals surface area contributed by atoms with Gasteiger partial charge in [0, 0.05) is 7.11 Å². The number of methoxy groups -OCH3 is 1. The van der Waals surface area contributed by atoms with E-state index in [4.69, 9.17) is 15.3 Å². The summed E-state index contributed by atoms with van der Waals surface area (Å²) < 4.78 is 4.42. The molecule has 2 atom stereocenters. The molecule has 0 bridgehead atoms. The van der Waals surface area contributed by atoms with Crippen molar-refractivity contribution in [3.63, 3.8) is 0 Å². The molecule has 0 rings (SSSR count). The molecule has 11 heavy (non-hydrogen) atoms. The van der Waals surface area contributed by atoms with Crippen LogP contribution in [0.15, 0.2) is 0 Å². The van der Waals surface area contributed by atoms with Crippen molar-refractivity contribution in [2.45, 2.75) is 12.2 Å². The number of aliphatic hydroxyl groups is 3. The number of hydrogen-bond acceptors (Lipinski definition) is 5. The van der Waals surface area contributed by atoms with Gasteiger partial charge < -0.3 is 20.1 Å². The van der Waals surface area contributed by atoms with Crippen molar-refractivity contribution in [3.05, 3.63) is 0 Å². The monoisotopic (exact) mass is 164 g/mol. The van der Waals surface area contributed by atoms with Crippen LogP contribution < -0.4 is 0 Å². The van der Waals surface area contributed by atoms with Crippen LogP contribution in [-0.2, 0) is 9.53 Å². The lowest BCUT2D eigenvalue weighted by Crippen LogP contribution is -2.38. The molecule has 0 radical (unpaired) electrons. The topological polar surface area (TPSA) is 87.0 Å². The molecular weight excluding hydrogens is 152 g/mol. The van der Waals surface area contributed by atoms with Gasteiger partial charge in [0.2, 0.25) is 0 Å². The number of ether oxygens (including phenoxy) is 1. The molecule has 0 aromatic heterocycles. The molecule has 0 spiro atoms. The number of Topliss-reactive ketones (excluding diaryl/α,β-unsaturated/α-hetero) is 1. The first kappa shape index (κ1) is 10.5. The highest BCUT2D eigenvalue weighted by molar-refractivity contribution is 5.84. The molecule has 0 aliphatic rings. The van der Waals surface area contributed by atoms with Crippen molar-refractivity contribution in [2.24, 2.45) is 0 Å². The molecule has 5 heteroatoms. The Labute approximate surface area is 64.2 Å². The highest BCUT2D eigenvalue weighted by Gasteiger charge is 2.22. The zero-order valence-corrected chi connectivity index (χ0v) is 6.23. The normalized spacial score (nSPS) is 16.0. The first-order valence-corrected chi connectivity index (χ1v) is 3.12. The van der Waals surface area contributed by atoms with E-state index >= 15 is 0 Å². The van der Waals surface area contributed by atoms with Crippen LogP contribution in [0.5, 0.6) is 0 Å². The van der Waals surface area contributed by atoms with E-state index in [-0.39, 0.29) is 6.61 Å². The van der Waals surface area contributed by atoms with E-state index in [0.717, 1.165) is 0 Å². The Hall–Kier alpha value is -0.490. The lowest BCUT2D eigenvalue weighted by atomic mass is 10.1. The molecule has 0 amide bonds. The van der Waals surface area contributed by atoms with Gasteiger partial charge in [0.15, 0.2) is 5.78 Å². The number of carbonyl (C=O) groups is 1. The largest absolute Gasteiger partial charge is 0.394 e. The summed E-state index contributed by atoms with van der Waals surface area (Å²) in [6.07, 6.45) is -2.97. The quantitative estimate of drug-likeness (QED) is 0.434. The second-order valence-corrected chi connectivity index (χ2v) is 2.09. The summed E-state index contributed by atoms with van der Waals surface area (Å²) in [6.45, 7) is -0.908. The Morgan fingerprint density at radius 2 is 2.09 bits per heavy atom. The van der Waals surface area contributed by atoms with E-state index in [1.165, 1.54) is 7.11 Å². The van der Waals surface area contributed by atoms with Crippen molar-refractivity contribution in [1.82, 2.24) is 0 Å². The smallest absolute Gasteiger partial charge is 0.189 e. The van der Waals surface area contributed by atoms with Gasteiger partial charge in [-0.3, -0.25) is 4.79 Å². The van der Waals surface area contributed by atoms with Crippen molar-refractivity contribution >= 4 is 5.78 Å². The minimum atomic E-state index is -1.56. The summed E-state index contributed by atoms with van der Waals surface area (Å²) in [5, 5.41) is 25.9. The van der Waals surface area contributed by atoms with Crippen LogP contribution in [0.3, 0.4) is 0 Å². The third-order valence-corrected chi connectivity index (χ3v) is 1.17. The fraction of sp³-hybridized carbons (Fsp3) is 0.833. The van der Waals surface area contributed by atoms with Gasteiger partial charge in [0.05, 0.1) is 6.61 Å². The van der Waals surface area contributed by atoms with Crippen molar-refractivity contribution in [2.75, 3.05) is 20.3 Å². The molecule has 0 aliphatic heterocycles. The van der Waals surface area contributed by atoms with Crippen LogP contribution in [0.4, 0.5) is 0 Å². The number of carbonyl (C=O) groups excluding carboxylic acids is 1. The van der Waals surface area contributed by atoms with E-state index < -0.39 is 24.6 Å². The number of hydrogen-bond donors (Lipinski definition) is 3. The molecule has 0 fully saturated rings. The molecule has 3 N–H and O–H groups in total. The Morgan fingerprint density at radius 1 is 1.55 bits per heavy atom. The molecular formula is C6H12O5. The second-order valence-electron chi connectivity index (χ2n) is 2.09. The Morgan fingerprint density at radius 3 is 2.45 bits per heavy atom. The lowest BCUT2D eigenvalue weighted by Gasteiger charge is -2.12. The molecule has 66 valence electrons. The van der Waals surface area contributed by atoms with Crippen LogP contribution in [0, 0.1) is 0 Å². The molecule has 5 nitrogen and oxygen atoms in total. The summed E-state index contributed by atoms with van der Waals surface area (Å²) in [5.74, 6) is -0.644. The first-order chi connectivity index (χ1) is 5.13. The zero-order valence-electron chi connectivity index (χ0n) is 6.23. The molecule has 0 aliphatic carbocycles. The first-order valence-electron chi connectivity index (χ1n) is 3.12. The van der Waals surface area contributed by atoms with E-state index in [1.54, 1.807) is 0 Å². The summed E-state index contributed by atoms with van der Waals surface area (Å²) in [7, 11) is 1.30. The second kappa shape index (κ2) is 5.20. The fourth-order valence-corrected chi connectivity index (χ4v) is 0.542. The Bertz CT molecular complexity index is 124. The summed E-state index contributed by atoms with van der Waals surface area (Å²) in [4.78, 5) is 10.7. The molecule has 0 saturated carbocycles. The van der Waals surface area contributed by atoms with Gasteiger partial charge in [-0.05, 0) is 0 Å². The van der Waals surface area contributed by atoms with Gasteiger partial charge >= 0.3 is 0 Å². The van der Waals surface area contributed by atoms with E-state index in [1.807, 2.05) is 0 Å². The Kier molecular flexibility index (Phi) is 4.97. The highest BCUT2D eigenvalue weighted by atomic mass is 16.5. The van der Waals surface area contributed by atoms with Gasteiger partial charge in [-0.25, -0.2) is 0 Å². The summed E-state index contributed by atoms with van der Waals surface area (Å²) in [6, 6.07) is 0. The van der Waals surface area contributed by atoms with Gasteiger partial charge in [-0.15, -0.1) is 0 Å². The molecule has 0 unspecified atom stereocenters. The highest BCUT2D eigenvalue weighted by Crippen LogP contribution is 1.94. The molecule has 0 heterocycles. The van der Waals surface area contributed by atoms with Gasteiger partial charge in [-0.2, -0.15) is 0 Å². The zero-order chi connectivity index (χ0) is 8.85. The van der Waals surface area contributed by atoms with Crippen LogP contribution in [0.25, 0.3) is 0 Å². The van der Waals surface area contributed by atoms with Gasteiger partial charge in [0.1, 0.15) is 18.8 Å². The third-order valence-electron chi connectivity index (χ3n) is 1.17. The fourth-order valence-electron chi connectivity index (χ4n) is 0.542. The maximum absolute atomic E-state index is 10.7. The maximum atomic E-state index is 10.7. The molecule has 0 aromatic rings. The van der Waals surface area contributed by atoms with E-state index in [2.05, 4.69) is 4.74 Å². The predicted molar refractivity (Wildman–Crippen MR) is 36.0 cm³/mol. The average Bonchev–Trinajstić information content (AvgIpc) is 2.02. The van der Waals surface area contributed by atoms with Crippen LogP contribution >= 0.6 is 0 Å². The van der Waals surface area contributed by atoms with Crippen LogP contribution in [0.2, 0.25) is 0 Å². The maximum Gasteiger partial charge on any atom is 0.189 e. The average molecular weight is 164 g/mol. The van der Waals surface area contributed by atoms with E-state index in [0.29, 0.717) is 0 Å². The van der Waals surface area contributed by atoms with E-state index in [9.17, 15) is 4.79 Å². The predicted octanol–water partition coefficient (Wildman–Crippen LogP) is -2.08. The number of ketones is 1. The standard InChI is InChI=1S/C6H12O5/c1-11-3-5(9)6(10)4(8)2-7/h4,6-8,10H,2-3H2,1H3/t4-,6-/m1/s1. The molecule has 0 saturated heterocycles. The summed E-state index contributed by atoms with van der Waals surface area (Å²) >= 11 is 0.